The molecule has 0 aliphatic carbocycles. The van der Waals surface area contributed by atoms with Gasteiger partial charge in [-0.3, -0.25) is 4.79 Å². The van der Waals surface area contributed by atoms with E-state index in [9.17, 15) is 4.79 Å². The monoisotopic (exact) mass is 417 g/mol. The molecule has 0 bridgehead atoms. The molecule has 0 heterocycles. The zero-order valence-corrected chi connectivity index (χ0v) is 19.0. The molecule has 31 heavy (non-hydrogen) atoms. The van der Waals surface area contributed by atoms with Crippen LogP contribution in [0.5, 0.6) is 11.5 Å². The van der Waals surface area contributed by atoms with Gasteiger partial charge in [0.05, 0.1) is 7.11 Å². The van der Waals surface area contributed by atoms with Gasteiger partial charge in [-0.15, -0.1) is 0 Å². The van der Waals surface area contributed by atoms with E-state index in [0.29, 0.717) is 17.9 Å². The minimum absolute atomic E-state index is 0.0971. The van der Waals surface area contributed by atoms with E-state index in [4.69, 9.17) is 9.47 Å². The lowest BCUT2D eigenvalue weighted by atomic mass is 9.87. The van der Waals surface area contributed by atoms with Crippen LogP contribution in [0.2, 0.25) is 0 Å². The largest absolute Gasteiger partial charge is 0.496 e. The van der Waals surface area contributed by atoms with Crippen molar-refractivity contribution in [3.63, 3.8) is 0 Å². The average molecular weight is 418 g/mol. The van der Waals surface area contributed by atoms with Gasteiger partial charge < -0.3 is 14.8 Å². The molecule has 0 aliphatic heterocycles. The fourth-order valence-electron chi connectivity index (χ4n) is 3.39. The number of anilines is 1. The van der Waals surface area contributed by atoms with Gasteiger partial charge in [0.25, 0.3) is 5.91 Å². The highest BCUT2D eigenvalue weighted by Crippen LogP contribution is 2.26. The Labute approximate surface area is 185 Å². The van der Waals surface area contributed by atoms with E-state index in [1.165, 1.54) is 5.56 Å². The summed E-state index contributed by atoms with van der Waals surface area (Å²) in [7, 11) is 1.62. The quantitative estimate of drug-likeness (QED) is 0.485. The number of ether oxygens (including phenoxy) is 2. The van der Waals surface area contributed by atoms with Gasteiger partial charge in [-0.2, -0.15) is 0 Å². The highest BCUT2D eigenvalue weighted by atomic mass is 16.5. The zero-order valence-electron chi connectivity index (χ0n) is 19.0. The Morgan fingerprint density at radius 2 is 1.65 bits per heavy atom. The van der Waals surface area contributed by atoms with Gasteiger partial charge in [-0.05, 0) is 59.4 Å². The number of amides is 1. The smallest absolute Gasteiger partial charge is 0.255 e. The number of methoxy groups -OCH3 is 1. The van der Waals surface area contributed by atoms with Crippen molar-refractivity contribution < 1.29 is 14.3 Å². The van der Waals surface area contributed by atoms with Gasteiger partial charge in [0.1, 0.15) is 18.1 Å². The molecule has 4 nitrogen and oxygen atoms in total. The molecule has 1 amide bonds. The van der Waals surface area contributed by atoms with Gasteiger partial charge in [-0.25, -0.2) is 0 Å². The minimum Gasteiger partial charge on any atom is -0.496 e. The van der Waals surface area contributed by atoms with Crippen LogP contribution in [0.4, 0.5) is 5.69 Å². The SMILES string of the molecule is CCc1ccccc1NC(=O)c1ccc(OC)c(COc2ccc(C(C)(C)C)cc2)c1. The molecule has 0 fully saturated rings. The third kappa shape index (κ3) is 5.66. The van der Waals surface area contributed by atoms with Crippen LogP contribution < -0.4 is 14.8 Å². The van der Waals surface area contributed by atoms with E-state index in [1.54, 1.807) is 13.2 Å². The van der Waals surface area contributed by atoms with Crippen LogP contribution in [0, 0.1) is 0 Å². The summed E-state index contributed by atoms with van der Waals surface area (Å²) in [5.74, 6) is 1.32. The topological polar surface area (TPSA) is 47.6 Å². The van der Waals surface area contributed by atoms with Crippen LogP contribution >= 0.6 is 0 Å². The predicted octanol–water partition coefficient (Wildman–Crippen LogP) is 6.39. The second-order valence-electron chi connectivity index (χ2n) is 8.55. The molecule has 0 atom stereocenters. The first-order valence-corrected chi connectivity index (χ1v) is 10.6. The maximum absolute atomic E-state index is 12.8. The van der Waals surface area contributed by atoms with Crippen LogP contribution in [0.25, 0.3) is 0 Å². The standard InChI is InChI=1S/C27H31NO3/c1-6-19-9-7-8-10-24(19)28-26(29)20-11-16-25(30-5)21(17-20)18-31-23-14-12-22(13-15-23)27(2,3)4/h7-17H,6,18H2,1-5H3,(H,28,29). The van der Waals surface area contributed by atoms with E-state index in [-0.39, 0.29) is 11.3 Å². The lowest BCUT2D eigenvalue weighted by molar-refractivity contribution is 0.102. The van der Waals surface area contributed by atoms with Crippen LogP contribution in [-0.4, -0.2) is 13.0 Å². The highest BCUT2D eigenvalue weighted by molar-refractivity contribution is 6.04. The minimum atomic E-state index is -0.153. The third-order valence-corrected chi connectivity index (χ3v) is 5.30. The normalized spacial score (nSPS) is 11.1. The first-order valence-electron chi connectivity index (χ1n) is 10.6. The number of rotatable bonds is 7. The Bertz CT molecular complexity index is 1030. The Morgan fingerprint density at radius 1 is 0.935 bits per heavy atom. The molecule has 0 aliphatic rings. The maximum atomic E-state index is 12.8. The van der Waals surface area contributed by atoms with Gasteiger partial charge in [0, 0.05) is 16.8 Å². The molecule has 0 saturated heterocycles. The van der Waals surface area contributed by atoms with E-state index < -0.39 is 0 Å². The molecule has 0 spiro atoms. The van der Waals surface area contributed by atoms with E-state index >= 15 is 0 Å². The summed E-state index contributed by atoms with van der Waals surface area (Å²) in [5.41, 5.74) is 4.67. The lowest BCUT2D eigenvalue weighted by Gasteiger charge is -2.19. The Hall–Kier alpha value is -3.27. The van der Waals surface area contributed by atoms with Gasteiger partial charge >= 0.3 is 0 Å². The molecule has 4 heteroatoms. The first-order chi connectivity index (χ1) is 14.8. The molecule has 3 aromatic carbocycles. The summed E-state index contributed by atoms with van der Waals surface area (Å²) in [5, 5.41) is 3.02. The van der Waals surface area contributed by atoms with E-state index in [2.05, 4.69) is 45.1 Å². The molecule has 0 unspecified atom stereocenters. The van der Waals surface area contributed by atoms with Crippen molar-refractivity contribution >= 4 is 11.6 Å². The van der Waals surface area contributed by atoms with Crippen molar-refractivity contribution in [3.8, 4) is 11.5 Å². The number of carbonyl (C=O) groups excluding carboxylic acids is 1. The molecular formula is C27H31NO3. The number of carbonyl (C=O) groups is 1. The van der Waals surface area contributed by atoms with Gasteiger partial charge in [0.15, 0.2) is 0 Å². The lowest BCUT2D eigenvalue weighted by Crippen LogP contribution is -2.14. The molecule has 3 aromatic rings. The zero-order chi connectivity index (χ0) is 22.4. The van der Waals surface area contributed by atoms with E-state index in [0.717, 1.165) is 29.0 Å². The van der Waals surface area contributed by atoms with Crippen molar-refractivity contribution in [3.05, 3.63) is 89.0 Å². The number of nitrogens with one attached hydrogen (secondary N) is 1. The van der Waals surface area contributed by atoms with Crippen LogP contribution in [-0.2, 0) is 18.4 Å². The molecule has 1 N–H and O–H groups in total. The van der Waals surface area contributed by atoms with Crippen molar-refractivity contribution in [1.82, 2.24) is 0 Å². The summed E-state index contributed by atoms with van der Waals surface area (Å²) in [6.07, 6.45) is 0.853. The third-order valence-electron chi connectivity index (χ3n) is 5.30. The van der Waals surface area contributed by atoms with Crippen molar-refractivity contribution in [2.45, 2.75) is 46.1 Å². The second kappa shape index (κ2) is 9.69. The number of aryl methyl sites for hydroxylation is 1. The average Bonchev–Trinajstić information content (AvgIpc) is 2.77. The van der Waals surface area contributed by atoms with Crippen molar-refractivity contribution in [2.24, 2.45) is 0 Å². The first kappa shape index (κ1) is 22.4. The van der Waals surface area contributed by atoms with Gasteiger partial charge in [0.2, 0.25) is 0 Å². The summed E-state index contributed by atoms with van der Waals surface area (Å²) in [6, 6.07) is 21.4. The summed E-state index contributed by atoms with van der Waals surface area (Å²) >= 11 is 0. The number of benzene rings is 3. The molecule has 162 valence electrons. The molecule has 0 radical (unpaired) electrons. The van der Waals surface area contributed by atoms with Crippen molar-refractivity contribution in [2.75, 3.05) is 12.4 Å². The number of hydrogen-bond acceptors (Lipinski definition) is 3. The van der Waals surface area contributed by atoms with Crippen LogP contribution in [0.15, 0.2) is 66.7 Å². The fourth-order valence-corrected chi connectivity index (χ4v) is 3.39. The van der Waals surface area contributed by atoms with E-state index in [1.807, 2.05) is 48.5 Å². The second-order valence-corrected chi connectivity index (χ2v) is 8.55. The van der Waals surface area contributed by atoms with Gasteiger partial charge in [-0.1, -0.05) is 58.0 Å². The molecular weight excluding hydrogens is 386 g/mol. The maximum Gasteiger partial charge on any atom is 0.255 e. The summed E-state index contributed by atoms with van der Waals surface area (Å²) < 4.78 is 11.5. The number of hydrogen-bond donors (Lipinski definition) is 1. The fraction of sp³-hybridized carbons (Fsp3) is 0.296. The van der Waals surface area contributed by atoms with Crippen molar-refractivity contribution in [1.29, 1.82) is 0 Å². The van der Waals surface area contributed by atoms with Crippen LogP contribution in [0.1, 0.15) is 54.7 Å². The Balaban J connectivity index is 1.75. The predicted molar refractivity (Wildman–Crippen MR) is 126 cm³/mol. The Morgan fingerprint density at radius 3 is 2.29 bits per heavy atom. The highest BCUT2D eigenvalue weighted by Gasteiger charge is 2.14. The molecule has 0 aromatic heterocycles. The molecule has 3 rings (SSSR count). The number of para-hydroxylation sites is 1. The van der Waals surface area contributed by atoms with Crippen LogP contribution in [0.3, 0.4) is 0 Å². The molecule has 0 saturated carbocycles. The Kier molecular flexibility index (Phi) is 7.01. The summed E-state index contributed by atoms with van der Waals surface area (Å²) in [4.78, 5) is 12.8. The summed E-state index contributed by atoms with van der Waals surface area (Å²) in [6.45, 7) is 8.93.